The Bertz CT molecular complexity index is 379. The van der Waals surface area contributed by atoms with E-state index in [1.807, 2.05) is 13.8 Å². The molecule has 0 aromatic rings. The van der Waals surface area contributed by atoms with E-state index in [4.69, 9.17) is 0 Å². The van der Waals surface area contributed by atoms with Crippen molar-refractivity contribution in [3.63, 3.8) is 0 Å². The van der Waals surface area contributed by atoms with E-state index in [0.717, 1.165) is 19.4 Å². The Kier molecular flexibility index (Phi) is 5.22. The third-order valence-electron chi connectivity index (χ3n) is 3.77. The lowest BCUT2D eigenvalue weighted by Gasteiger charge is -2.32. The third kappa shape index (κ3) is 5.02. The minimum Gasteiger partial charge on any atom is -0.314 e. The fourth-order valence-corrected chi connectivity index (χ4v) is 3.90. The highest BCUT2D eigenvalue weighted by molar-refractivity contribution is 7.87. The van der Waals surface area contributed by atoms with E-state index in [1.54, 1.807) is 4.31 Å². The lowest BCUT2D eigenvalue weighted by molar-refractivity contribution is 0.257. The Morgan fingerprint density at radius 1 is 1.26 bits per heavy atom. The van der Waals surface area contributed by atoms with Crippen LogP contribution < -0.4 is 10.0 Å². The molecule has 1 heterocycles. The van der Waals surface area contributed by atoms with Gasteiger partial charge in [0.1, 0.15) is 0 Å². The van der Waals surface area contributed by atoms with Crippen LogP contribution in [-0.4, -0.2) is 44.9 Å². The predicted molar refractivity (Wildman–Crippen MR) is 77.1 cm³/mol. The highest BCUT2D eigenvalue weighted by Crippen LogP contribution is 2.22. The zero-order chi connectivity index (χ0) is 13.9. The number of hydrogen-bond acceptors (Lipinski definition) is 3. The van der Waals surface area contributed by atoms with Crippen molar-refractivity contribution in [1.82, 2.24) is 14.3 Å². The van der Waals surface area contributed by atoms with Crippen LogP contribution in [0, 0.1) is 11.8 Å². The lowest BCUT2D eigenvalue weighted by atomic mass is 10.00. The van der Waals surface area contributed by atoms with Crippen molar-refractivity contribution in [2.24, 2.45) is 11.8 Å². The SMILES string of the molecule is CC(C)CNS(=O)(=O)N1CCCC(CNC2CC2)C1. The summed E-state index contributed by atoms with van der Waals surface area (Å²) in [7, 11) is -3.28. The zero-order valence-electron chi connectivity index (χ0n) is 12.1. The minimum atomic E-state index is -3.28. The number of nitrogens with one attached hydrogen (secondary N) is 2. The second-order valence-electron chi connectivity index (χ2n) is 6.30. The predicted octanol–water partition coefficient (Wildman–Crippen LogP) is 0.941. The third-order valence-corrected chi connectivity index (χ3v) is 5.31. The van der Waals surface area contributed by atoms with E-state index >= 15 is 0 Å². The van der Waals surface area contributed by atoms with Crippen LogP contribution >= 0.6 is 0 Å². The van der Waals surface area contributed by atoms with Gasteiger partial charge in [-0.1, -0.05) is 13.8 Å². The Hall–Kier alpha value is -0.170. The largest absolute Gasteiger partial charge is 0.314 e. The average Bonchev–Trinajstić information content (AvgIpc) is 3.18. The Morgan fingerprint density at radius 2 is 2.00 bits per heavy atom. The summed E-state index contributed by atoms with van der Waals surface area (Å²) in [5, 5.41) is 3.51. The van der Waals surface area contributed by atoms with Crippen LogP contribution in [0.2, 0.25) is 0 Å². The van der Waals surface area contributed by atoms with Crippen LogP contribution in [-0.2, 0) is 10.2 Å². The van der Waals surface area contributed by atoms with Crippen LogP contribution in [0.4, 0.5) is 0 Å². The second-order valence-corrected chi connectivity index (χ2v) is 8.05. The summed E-state index contributed by atoms with van der Waals surface area (Å²) in [5.41, 5.74) is 0. The summed E-state index contributed by atoms with van der Waals surface area (Å²) >= 11 is 0. The molecule has 1 aliphatic carbocycles. The molecule has 0 bridgehead atoms. The topological polar surface area (TPSA) is 61.4 Å². The quantitative estimate of drug-likeness (QED) is 0.733. The highest BCUT2D eigenvalue weighted by atomic mass is 32.2. The lowest BCUT2D eigenvalue weighted by Crippen LogP contribution is -2.48. The van der Waals surface area contributed by atoms with Crippen molar-refractivity contribution in [2.75, 3.05) is 26.2 Å². The maximum atomic E-state index is 12.2. The summed E-state index contributed by atoms with van der Waals surface area (Å²) in [6.45, 7) is 6.83. The van der Waals surface area contributed by atoms with E-state index in [0.29, 0.717) is 37.5 Å². The van der Waals surface area contributed by atoms with Gasteiger partial charge in [0.05, 0.1) is 0 Å². The van der Waals surface area contributed by atoms with E-state index in [9.17, 15) is 8.42 Å². The average molecular weight is 289 g/mol. The molecule has 2 aliphatic rings. The van der Waals surface area contributed by atoms with Crippen molar-refractivity contribution in [1.29, 1.82) is 0 Å². The fourth-order valence-electron chi connectivity index (χ4n) is 2.40. The van der Waals surface area contributed by atoms with Gasteiger partial charge in [0, 0.05) is 25.7 Å². The molecular weight excluding hydrogens is 262 g/mol. The molecular formula is C13H27N3O2S. The highest BCUT2D eigenvalue weighted by Gasteiger charge is 2.30. The summed E-state index contributed by atoms with van der Waals surface area (Å²) in [6.07, 6.45) is 4.67. The summed E-state index contributed by atoms with van der Waals surface area (Å²) < 4.78 is 28.7. The molecule has 2 N–H and O–H groups in total. The zero-order valence-corrected chi connectivity index (χ0v) is 12.9. The molecule has 1 saturated carbocycles. The molecule has 0 aromatic heterocycles. The van der Waals surface area contributed by atoms with Gasteiger partial charge in [-0.3, -0.25) is 0 Å². The Balaban J connectivity index is 1.80. The van der Waals surface area contributed by atoms with Gasteiger partial charge < -0.3 is 5.32 Å². The molecule has 6 heteroatoms. The first kappa shape index (κ1) is 15.2. The van der Waals surface area contributed by atoms with Crippen molar-refractivity contribution in [3.8, 4) is 0 Å². The number of nitrogens with zero attached hydrogens (tertiary/aromatic N) is 1. The smallest absolute Gasteiger partial charge is 0.279 e. The van der Waals surface area contributed by atoms with Gasteiger partial charge in [-0.05, 0) is 44.1 Å². The van der Waals surface area contributed by atoms with Crippen LogP contribution in [0.1, 0.15) is 39.5 Å². The molecule has 19 heavy (non-hydrogen) atoms. The first-order valence-electron chi connectivity index (χ1n) is 7.45. The second kappa shape index (κ2) is 6.52. The van der Waals surface area contributed by atoms with Gasteiger partial charge in [0.2, 0.25) is 0 Å². The minimum absolute atomic E-state index is 0.340. The summed E-state index contributed by atoms with van der Waals surface area (Å²) in [4.78, 5) is 0. The number of hydrogen-bond donors (Lipinski definition) is 2. The maximum absolute atomic E-state index is 12.2. The molecule has 0 amide bonds. The standard InChI is InChI=1S/C13H27N3O2S/c1-11(2)8-15-19(17,18)16-7-3-4-12(10-16)9-14-13-5-6-13/h11-15H,3-10H2,1-2H3. The fraction of sp³-hybridized carbons (Fsp3) is 1.00. The van der Waals surface area contributed by atoms with Crippen LogP contribution in [0.25, 0.3) is 0 Å². The Labute approximate surface area is 117 Å². The van der Waals surface area contributed by atoms with Crippen LogP contribution in [0.15, 0.2) is 0 Å². The molecule has 2 rings (SSSR count). The Morgan fingerprint density at radius 3 is 2.63 bits per heavy atom. The first-order valence-corrected chi connectivity index (χ1v) is 8.89. The van der Waals surface area contributed by atoms with Gasteiger partial charge in [-0.15, -0.1) is 0 Å². The number of rotatable bonds is 7. The van der Waals surface area contributed by atoms with E-state index in [2.05, 4.69) is 10.0 Å². The summed E-state index contributed by atoms with van der Waals surface area (Å²) in [5.74, 6) is 0.803. The van der Waals surface area contributed by atoms with E-state index < -0.39 is 10.2 Å². The van der Waals surface area contributed by atoms with Gasteiger partial charge in [0.25, 0.3) is 10.2 Å². The van der Waals surface area contributed by atoms with Crippen molar-refractivity contribution < 1.29 is 8.42 Å². The van der Waals surface area contributed by atoms with Gasteiger partial charge in [-0.2, -0.15) is 12.7 Å². The van der Waals surface area contributed by atoms with Crippen LogP contribution in [0.3, 0.4) is 0 Å². The monoisotopic (exact) mass is 289 g/mol. The first-order chi connectivity index (χ1) is 8.97. The number of piperidine rings is 1. The molecule has 1 unspecified atom stereocenters. The van der Waals surface area contributed by atoms with E-state index in [1.165, 1.54) is 12.8 Å². The molecule has 2 fully saturated rings. The van der Waals surface area contributed by atoms with Gasteiger partial charge in [0.15, 0.2) is 0 Å². The van der Waals surface area contributed by atoms with Crippen molar-refractivity contribution in [2.45, 2.75) is 45.6 Å². The van der Waals surface area contributed by atoms with Gasteiger partial charge >= 0.3 is 0 Å². The summed E-state index contributed by atoms with van der Waals surface area (Å²) in [6, 6.07) is 0.700. The van der Waals surface area contributed by atoms with E-state index in [-0.39, 0.29) is 0 Å². The van der Waals surface area contributed by atoms with Crippen LogP contribution in [0.5, 0.6) is 0 Å². The molecule has 5 nitrogen and oxygen atoms in total. The molecule has 0 radical (unpaired) electrons. The molecule has 0 spiro atoms. The van der Waals surface area contributed by atoms with Crippen molar-refractivity contribution in [3.05, 3.63) is 0 Å². The molecule has 0 aromatic carbocycles. The van der Waals surface area contributed by atoms with Crippen molar-refractivity contribution >= 4 is 10.2 Å². The normalized spacial score (nSPS) is 25.9. The molecule has 1 atom stereocenters. The van der Waals surface area contributed by atoms with Gasteiger partial charge in [-0.25, -0.2) is 4.72 Å². The molecule has 1 aliphatic heterocycles. The molecule has 1 saturated heterocycles. The molecule has 112 valence electrons. The maximum Gasteiger partial charge on any atom is 0.279 e.